The zero-order valence-corrected chi connectivity index (χ0v) is 13.1. The van der Waals surface area contributed by atoms with Crippen LogP contribution in [0.15, 0.2) is 48.8 Å². The van der Waals surface area contributed by atoms with E-state index in [1.807, 2.05) is 57.2 Å². The number of pyridine rings is 1. The summed E-state index contributed by atoms with van der Waals surface area (Å²) in [5.74, 6) is 0. The molecule has 0 aliphatic heterocycles. The summed E-state index contributed by atoms with van der Waals surface area (Å²) in [5, 5.41) is 6.05. The lowest BCUT2D eigenvalue weighted by Gasteiger charge is -2.20. The van der Waals surface area contributed by atoms with Gasteiger partial charge in [-0.15, -0.1) is 0 Å². The van der Waals surface area contributed by atoms with Crippen molar-refractivity contribution < 1.29 is 9.53 Å². The van der Waals surface area contributed by atoms with Crippen LogP contribution in [0.5, 0.6) is 0 Å². The van der Waals surface area contributed by atoms with Crippen molar-refractivity contribution in [1.82, 2.24) is 4.98 Å². The van der Waals surface area contributed by atoms with Crippen molar-refractivity contribution in [2.45, 2.75) is 32.9 Å². The van der Waals surface area contributed by atoms with Crippen LogP contribution >= 0.6 is 0 Å². The van der Waals surface area contributed by atoms with Crippen LogP contribution in [0.25, 0.3) is 0 Å². The van der Waals surface area contributed by atoms with Crippen molar-refractivity contribution in [2.24, 2.45) is 0 Å². The number of ether oxygens (including phenoxy) is 1. The summed E-state index contributed by atoms with van der Waals surface area (Å²) in [6.07, 6.45) is 3.07. The molecular formula is C17H21N3O2. The summed E-state index contributed by atoms with van der Waals surface area (Å²) in [6, 6.07) is 11.4. The third-order valence-electron chi connectivity index (χ3n) is 2.77. The number of hydrogen-bond acceptors (Lipinski definition) is 4. The van der Waals surface area contributed by atoms with Crippen LogP contribution in [-0.2, 0) is 11.3 Å². The van der Waals surface area contributed by atoms with Crippen LogP contribution in [0.3, 0.4) is 0 Å². The Bertz CT molecular complexity index is 621. The number of para-hydroxylation sites is 2. The molecule has 0 atom stereocenters. The van der Waals surface area contributed by atoms with Gasteiger partial charge in [0.25, 0.3) is 0 Å². The van der Waals surface area contributed by atoms with Gasteiger partial charge in [0, 0.05) is 18.9 Å². The largest absolute Gasteiger partial charge is 0.444 e. The quantitative estimate of drug-likeness (QED) is 0.894. The first-order chi connectivity index (χ1) is 10.4. The summed E-state index contributed by atoms with van der Waals surface area (Å²) in [6.45, 7) is 6.12. The number of carbonyl (C=O) groups is 1. The molecule has 0 aliphatic carbocycles. The molecule has 0 fully saturated rings. The Morgan fingerprint density at radius 3 is 2.50 bits per heavy atom. The van der Waals surface area contributed by atoms with Gasteiger partial charge in [0.05, 0.1) is 11.4 Å². The number of nitrogens with one attached hydrogen (secondary N) is 2. The monoisotopic (exact) mass is 299 g/mol. The molecule has 0 radical (unpaired) electrons. The smallest absolute Gasteiger partial charge is 0.412 e. The van der Waals surface area contributed by atoms with Crippen molar-refractivity contribution >= 4 is 17.5 Å². The zero-order chi connectivity index (χ0) is 16.0. The van der Waals surface area contributed by atoms with Gasteiger partial charge < -0.3 is 10.1 Å². The molecule has 0 saturated carbocycles. The maximum Gasteiger partial charge on any atom is 0.412 e. The summed E-state index contributed by atoms with van der Waals surface area (Å²) in [5.41, 5.74) is 2.05. The van der Waals surface area contributed by atoms with Crippen LogP contribution in [-0.4, -0.2) is 16.7 Å². The highest BCUT2D eigenvalue weighted by Gasteiger charge is 2.17. The highest BCUT2D eigenvalue weighted by molar-refractivity contribution is 5.89. The number of benzene rings is 1. The Morgan fingerprint density at radius 2 is 1.86 bits per heavy atom. The van der Waals surface area contributed by atoms with Gasteiger partial charge in [-0.25, -0.2) is 4.79 Å². The summed E-state index contributed by atoms with van der Waals surface area (Å²) >= 11 is 0. The number of rotatable bonds is 4. The minimum absolute atomic E-state index is 0.469. The number of nitrogens with zero attached hydrogens (tertiary/aromatic N) is 1. The first-order valence-electron chi connectivity index (χ1n) is 7.16. The molecule has 1 aromatic heterocycles. The number of anilines is 2. The van der Waals surface area contributed by atoms with Crippen LogP contribution in [0, 0.1) is 0 Å². The average Bonchev–Trinajstić information content (AvgIpc) is 2.45. The van der Waals surface area contributed by atoms with E-state index in [0.717, 1.165) is 11.3 Å². The fraction of sp³-hybridized carbons (Fsp3) is 0.294. The van der Waals surface area contributed by atoms with E-state index in [2.05, 4.69) is 15.6 Å². The van der Waals surface area contributed by atoms with E-state index < -0.39 is 11.7 Å². The third kappa shape index (κ3) is 5.09. The molecule has 0 spiro atoms. The predicted octanol–water partition coefficient (Wildman–Crippen LogP) is 4.04. The Balaban J connectivity index is 2.02. The molecule has 1 aromatic carbocycles. The molecule has 0 aliphatic rings. The van der Waals surface area contributed by atoms with Crippen molar-refractivity contribution in [3.05, 3.63) is 54.4 Å². The second-order valence-corrected chi connectivity index (χ2v) is 5.89. The lowest BCUT2D eigenvalue weighted by atomic mass is 10.2. The molecule has 1 heterocycles. The molecule has 22 heavy (non-hydrogen) atoms. The van der Waals surface area contributed by atoms with E-state index >= 15 is 0 Å². The van der Waals surface area contributed by atoms with Crippen LogP contribution < -0.4 is 10.6 Å². The van der Waals surface area contributed by atoms with Crippen LogP contribution in [0.2, 0.25) is 0 Å². The molecule has 0 bridgehead atoms. The topological polar surface area (TPSA) is 63.2 Å². The molecule has 5 nitrogen and oxygen atoms in total. The molecule has 0 unspecified atom stereocenters. The van der Waals surface area contributed by atoms with E-state index in [0.29, 0.717) is 12.2 Å². The Hall–Kier alpha value is -2.56. The zero-order valence-electron chi connectivity index (χ0n) is 13.1. The number of amides is 1. The fourth-order valence-corrected chi connectivity index (χ4v) is 1.86. The minimum Gasteiger partial charge on any atom is -0.444 e. The van der Waals surface area contributed by atoms with E-state index in [9.17, 15) is 4.79 Å². The minimum atomic E-state index is -0.526. The van der Waals surface area contributed by atoms with Gasteiger partial charge in [0.1, 0.15) is 5.60 Å². The predicted molar refractivity (Wildman–Crippen MR) is 87.9 cm³/mol. The summed E-state index contributed by atoms with van der Waals surface area (Å²) in [7, 11) is 0. The molecule has 2 N–H and O–H groups in total. The second kappa shape index (κ2) is 6.93. The lowest BCUT2D eigenvalue weighted by Crippen LogP contribution is -2.27. The van der Waals surface area contributed by atoms with Crippen LogP contribution in [0.4, 0.5) is 16.2 Å². The molecule has 0 saturated heterocycles. The Labute approximate surface area is 130 Å². The molecular weight excluding hydrogens is 278 g/mol. The number of hydrogen-bond donors (Lipinski definition) is 2. The van der Waals surface area contributed by atoms with E-state index in [1.165, 1.54) is 0 Å². The van der Waals surface area contributed by atoms with Crippen molar-refractivity contribution in [3.63, 3.8) is 0 Å². The van der Waals surface area contributed by atoms with Gasteiger partial charge in [-0.3, -0.25) is 10.3 Å². The maximum absolute atomic E-state index is 11.9. The van der Waals surface area contributed by atoms with Gasteiger partial charge in [0.15, 0.2) is 0 Å². The van der Waals surface area contributed by atoms with Gasteiger partial charge in [0.2, 0.25) is 0 Å². The summed E-state index contributed by atoms with van der Waals surface area (Å²) in [4.78, 5) is 16.0. The van der Waals surface area contributed by atoms with Gasteiger partial charge in [-0.2, -0.15) is 0 Å². The third-order valence-corrected chi connectivity index (χ3v) is 2.77. The first kappa shape index (κ1) is 15.8. The van der Waals surface area contributed by atoms with Crippen molar-refractivity contribution in [1.29, 1.82) is 0 Å². The fourth-order valence-electron chi connectivity index (χ4n) is 1.86. The van der Waals surface area contributed by atoms with E-state index in [1.54, 1.807) is 12.4 Å². The number of aromatic nitrogens is 1. The van der Waals surface area contributed by atoms with E-state index in [4.69, 9.17) is 4.74 Å². The normalized spacial score (nSPS) is 10.9. The Morgan fingerprint density at radius 1 is 1.14 bits per heavy atom. The van der Waals surface area contributed by atoms with E-state index in [-0.39, 0.29) is 0 Å². The highest BCUT2D eigenvalue weighted by atomic mass is 16.6. The second-order valence-electron chi connectivity index (χ2n) is 5.89. The van der Waals surface area contributed by atoms with Crippen molar-refractivity contribution in [3.8, 4) is 0 Å². The first-order valence-corrected chi connectivity index (χ1v) is 7.16. The molecule has 5 heteroatoms. The van der Waals surface area contributed by atoms with Gasteiger partial charge >= 0.3 is 6.09 Å². The molecule has 116 valence electrons. The molecule has 2 aromatic rings. The maximum atomic E-state index is 11.9. The number of carbonyl (C=O) groups excluding carboxylic acids is 1. The SMILES string of the molecule is CC(C)(C)OC(=O)Nc1ccccc1NCc1cccnc1. The van der Waals surface area contributed by atoms with Gasteiger partial charge in [-0.1, -0.05) is 18.2 Å². The Kier molecular flexibility index (Phi) is 4.99. The summed E-state index contributed by atoms with van der Waals surface area (Å²) < 4.78 is 5.27. The molecule has 2 rings (SSSR count). The van der Waals surface area contributed by atoms with Crippen LogP contribution in [0.1, 0.15) is 26.3 Å². The molecule has 1 amide bonds. The van der Waals surface area contributed by atoms with Gasteiger partial charge in [-0.05, 0) is 44.5 Å². The van der Waals surface area contributed by atoms with Crippen molar-refractivity contribution in [2.75, 3.05) is 10.6 Å². The average molecular weight is 299 g/mol. The lowest BCUT2D eigenvalue weighted by molar-refractivity contribution is 0.0636. The standard InChI is InChI=1S/C17H21N3O2/c1-17(2,3)22-16(21)20-15-9-5-4-8-14(15)19-12-13-7-6-10-18-11-13/h4-11,19H,12H2,1-3H3,(H,20,21). The highest BCUT2D eigenvalue weighted by Crippen LogP contribution is 2.22.